The molecule has 1 amide bonds. The molecule has 0 bridgehead atoms. The highest BCUT2D eigenvalue weighted by Gasteiger charge is 2.35. The van der Waals surface area contributed by atoms with Crippen molar-refractivity contribution < 1.29 is 13.2 Å². The first kappa shape index (κ1) is 14.6. The minimum Gasteiger partial charge on any atom is -0.319 e. The molecule has 0 radical (unpaired) electrons. The maximum Gasteiger partial charge on any atom is 0.273 e. The van der Waals surface area contributed by atoms with Gasteiger partial charge in [-0.1, -0.05) is 17.7 Å². The Morgan fingerprint density at radius 1 is 1.53 bits per heavy atom. The van der Waals surface area contributed by atoms with Gasteiger partial charge in [-0.15, -0.1) is 0 Å². The van der Waals surface area contributed by atoms with E-state index in [0.717, 1.165) is 12.0 Å². The van der Waals surface area contributed by atoms with Crippen LogP contribution < -0.4 is 0 Å². The average molecular weight is 321 g/mol. The van der Waals surface area contributed by atoms with Gasteiger partial charge in [-0.3, -0.25) is 4.79 Å². The second-order valence-electron chi connectivity index (χ2n) is 4.20. The second kappa shape index (κ2) is 5.68. The fraction of sp³-hybridized carbons (Fsp3) is 0.455. The SMILES string of the molecule is CS(=O)(=O)C1CSCCN1C(=O)c1cccc(Cl)n1. The average Bonchev–Trinajstić information content (AvgIpc) is 2.37. The summed E-state index contributed by atoms with van der Waals surface area (Å²) in [5, 5.41) is -0.576. The molecule has 0 aliphatic carbocycles. The van der Waals surface area contributed by atoms with Crippen molar-refractivity contribution in [2.45, 2.75) is 5.37 Å². The molecule has 5 nitrogen and oxygen atoms in total. The van der Waals surface area contributed by atoms with Gasteiger partial charge in [0, 0.05) is 24.3 Å². The molecule has 2 rings (SSSR count). The Kier molecular flexibility index (Phi) is 4.37. The van der Waals surface area contributed by atoms with Crippen molar-refractivity contribution in [1.29, 1.82) is 0 Å². The van der Waals surface area contributed by atoms with Gasteiger partial charge in [0.15, 0.2) is 9.84 Å². The van der Waals surface area contributed by atoms with E-state index in [1.165, 1.54) is 22.7 Å². The van der Waals surface area contributed by atoms with Gasteiger partial charge in [0.1, 0.15) is 16.2 Å². The van der Waals surface area contributed by atoms with Crippen LogP contribution in [0.2, 0.25) is 5.15 Å². The number of thioether (sulfide) groups is 1. The highest BCUT2D eigenvalue weighted by Crippen LogP contribution is 2.22. The number of hydrogen-bond acceptors (Lipinski definition) is 5. The molecule has 1 aliphatic heterocycles. The van der Waals surface area contributed by atoms with Gasteiger partial charge in [0.25, 0.3) is 5.91 Å². The van der Waals surface area contributed by atoms with Crippen LogP contribution in [-0.4, -0.2) is 53.9 Å². The molecule has 0 aromatic carbocycles. The first-order valence-corrected chi connectivity index (χ1v) is 9.08. The summed E-state index contributed by atoms with van der Waals surface area (Å²) < 4.78 is 23.5. The zero-order chi connectivity index (χ0) is 14.0. The normalized spacial score (nSPS) is 20.3. The number of rotatable bonds is 2. The topological polar surface area (TPSA) is 67.3 Å². The Balaban J connectivity index is 2.30. The molecular formula is C11H13ClN2O3S2. The third kappa shape index (κ3) is 3.40. The third-order valence-electron chi connectivity index (χ3n) is 2.77. The number of pyridine rings is 1. The standard InChI is InChI=1S/C11H13ClN2O3S2/c1-19(16,17)10-7-18-6-5-14(10)11(15)8-3-2-4-9(12)13-8/h2-4,10H,5-7H2,1H3. The summed E-state index contributed by atoms with van der Waals surface area (Å²) in [5.74, 6) is 0.724. The Labute approximate surface area is 121 Å². The molecule has 1 unspecified atom stereocenters. The number of carbonyl (C=O) groups is 1. The Morgan fingerprint density at radius 2 is 2.26 bits per heavy atom. The van der Waals surface area contributed by atoms with Gasteiger partial charge in [-0.05, 0) is 12.1 Å². The summed E-state index contributed by atoms with van der Waals surface area (Å²) >= 11 is 7.28. The van der Waals surface area contributed by atoms with Gasteiger partial charge in [-0.2, -0.15) is 11.8 Å². The van der Waals surface area contributed by atoms with E-state index in [-0.39, 0.29) is 10.8 Å². The van der Waals surface area contributed by atoms with Crippen LogP contribution in [0, 0.1) is 0 Å². The molecule has 0 N–H and O–H groups in total. The van der Waals surface area contributed by atoms with Crippen molar-refractivity contribution in [2.75, 3.05) is 24.3 Å². The van der Waals surface area contributed by atoms with E-state index in [4.69, 9.17) is 11.6 Å². The van der Waals surface area contributed by atoms with Crippen molar-refractivity contribution in [3.05, 3.63) is 29.0 Å². The lowest BCUT2D eigenvalue weighted by molar-refractivity contribution is 0.0743. The van der Waals surface area contributed by atoms with Crippen LogP contribution in [0.1, 0.15) is 10.5 Å². The number of halogens is 1. The van der Waals surface area contributed by atoms with Gasteiger partial charge >= 0.3 is 0 Å². The number of sulfone groups is 1. The van der Waals surface area contributed by atoms with E-state index >= 15 is 0 Å². The number of amides is 1. The van der Waals surface area contributed by atoms with E-state index in [1.54, 1.807) is 12.1 Å². The van der Waals surface area contributed by atoms with Gasteiger partial charge in [0.05, 0.1) is 0 Å². The predicted octanol–water partition coefficient (Wildman–Crippen LogP) is 1.29. The maximum atomic E-state index is 12.3. The molecule has 19 heavy (non-hydrogen) atoms. The lowest BCUT2D eigenvalue weighted by Crippen LogP contribution is -2.50. The summed E-state index contributed by atoms with van der Waals surface area (Å²) in [5.41, 5.74) is 0.174. The van der Waals surface area contributed by atoms with Crippen molar-refractivity contribution >= 4 is 39.1 Å². The maximum absolute atomic E-state index is 12.3. The summed E-state index contributed by atoms with van der Waals surface area (Å²) in [6.07, 6.45) is 1.15. The lowest BCUT2D eigenvalue weighted by atomic mass is 10.3. The van der Waals surface area contributed by atoms with Crippen molar-refractivity contribution in [1.82, 2.24) is 9.88 Å². The van der Waals surface area contributed by atoms with Crippen LogP contribution in [0.3, 0.4) is 0 Å². The first-order chi connectivity index (χ1) is 8.89. The van der Waals surface area contributed by atoms with Crippen LogP contribution in [0.25, 0.3) is 0 Å². The smallest absolute Gasteiger partial charge is 0.273 e. The fourth-order valence-electron chi connectivity index (χ4n) is 1.84. The minimum absolute atomic E-state index is 0.174. The largest absolute Gasteiger partial charge is 0.319 e. The molecule has 0 saturated carbocycles. The van der Waals surface area contributed by atoms with E-state index < -0.39 is 21.1 Å². The van der Waals surface area contributed by atoms with Crippen LogP contribution in [0.5, 0.6) is 0 Å². The Hall–Kier alpha value is -0.790. The molecule has 1 saturated heterocycles. The number of hydrogen-bond donors (Lipinski definition) is 0. The van der Waals surface area contributed by atoms with Crippen LogP contribution in [0.15, 0.2) is 18.2 Å². The van der Waals surface area contributed by atoms with Crippen molar-refractivity contribution in [3.63, 3.8) is 0 Å². The fourth-order valence-corrected chi connectivity index (χ4v) is 4.82. The molecule has 1 aromatic heterocycles. The van der Waals surface area contributed by atoms with Gasteiger partial charge < -0.3 is 4.90 Å². The molecule has 1 fully saturated rings. The quantitative estimate of drug-likeness (QED) is 0.768. The van der Waals surface area contributed by atoms with Crippen LogP contribution in [-0.2, 0) is 9.84 Å². The van der Waals surface area contributed by atoms with Gasteiger partial charge in [-0.25, -0.2) is 13.4 Å². The monoisotopic (exact) mass is 320 g/mol. The number of aromatic nitrogens is 1. The van der Waals surface area contributed by atoms with Gasteiger partial charge in [0.2, 0.25) is 0 Å². The number of carbonyl (C=O) groups excluding carboxylic acids is 1. The molecule has 1 atom stereocenters. The molecule has 1 aromatic rings. The molecule has 0 spiro atoms. The van der Waals surface area contributed by atoms with Crippen molar-refractivity contribution in [2.24, 2.45) is 0 Å². The summed E-state index contributed by atoms with van der Waals surface area (Å²) in [6.45, 7) is 0.398. The minimum atomic E-state index is -3.31. The zero-order valence-electron chi connectivity index (χ0n) is 10.2. The van der Waals surface area contributed by atoms with E-state index in [1.807, 2.05) is 0 Å². The van der Waals surface area contributed by atoms with E-state index in [9.17, 15) is 13.2 Å². The highest BCUT2D eigenvalue weighted by molar-refractivity contribution is 8.00. The molecule has 104 valence electrons. The van der Waals surface area contributed by atoms with Crippen LogP contribution >= 0.6 is 23.4 Å². The van der Waals surface area contributed by atoms with E-state index in [2.05, 4.69) is 4.98 Å². The molecule has 1 aliphatic rings. The Bertz CT molecular complexity index is 591. The van der Waals surface area contributed by atoms with Crippen LogP contribution in [0.4, 0.5) is 0 Å². The summed E-state index contributed by atoms with van der Waals surface area (Å²) in [7, 11) is -3.31. The lowest BCUT2D eigenvalue weighted by Gasteiger charge is -2.33. The molecule has 8 heteroatoms. The summed E-state index contributed by atoms with van der Waals surface area (Å²) in [4.78, 5) is 17.6. The second-order valence-corrected chi connectivity index (χ2v) is 7.94. The Morgan fingerprint density at radius 3 is 2.89 bits per heavy atom. The van der Waals surface area contributed by atoms with Crippen molar-refractivity contribution in [3.8, 4) is 0 Å². The highest BCUT2D eigenvalue weighted by atomic mass is 35.5. The zero-order valence-corrected chi connectivity index (χ0v) is 12.6. The predicted molar refractivity (Wildman–Crippen MR) is 76.2 cm³/mol. The third-order valence-corrected chi connectivity index (χ3v) is 5.63. The molecule has 2 heterocycles. The summed E-state index contributed by atoms with van der Waals surface area (Å²) in [6, 6.07) is 4.73. The van der Waals surface area contributed by atoms with E-state index in [0.29, 0.717) is 12.3 Å². The first-order valence-electron chi connectivity index (χ1n) is 5.60. The number of nitrogens with zero attached hydrogens (tertiary/aromatic N) is 2. The molecular weight excluding hydrogens is 308 g/mol.